The number of aromatic carboxylic acids is 1. The number of hydrogen-bond acceptors (Lipinski definition) is 2. The molecule has 2 aromatic carbocycles. The van der Waals surface area contributed by atoms with Gasteiger partial charge in [-0.3, -0.25) is 4.79 Å². The molecule has 0 fully saturated rings. The summed E-state index contributed by atoms with van der Waals surface area (Å²) < 4.78 is 13.0. The molecule has 21 heavy (non-hydrogen) atoms. The zero-order valence-electron chi connectivity index (χ0n) is 11.2. The third-order valence-corrected chi connectivity index (χ3v) is 2.96. The number of carbonyl (C=O) groups excluding carboxylic acids is 1. The average Bonchev–Trinajstić information content (AvgIpc) is 2.47. The van der Waals surface area contributed by atoms with Crippen LogP contribution in [0.1, 0.15) is 26.3 Å². The van der Waals surface area contributed by atoms with Crippen LogP contribution in [-0.4, -0.2) is 23.5 Å². The van der Waals surface area contributed by atoms with Gasteiger partial charge in [0.25, 0.3) is 5.91 Å². The number of benzene rings is 2. The average molecular weight is 287 g/mol. The molecule has 0 saturated heterocycles. The number of hydrogen-bond donors (Lipinski definition) is 2. The molecule has 0 atom stereocenters. The van der Waals surface area contributed by atoms with Crippen molar-refractivity contribution in [2.75, 3.05) is 6.54 Å². The third kappa shape index (κ3) is 4.14. The number of amides is 1. The molecule has 2 N–H and O–H groups in total. The van der Waals surface area contributed by atoms with E-state index in [1.807, 2.05) is 0 Å². The summed E-state index contributed by atoms with van der Waals surface area (Å²) in [6, 6.07) is 12.0. The molecule has 0 heterocycles. The van der Waals surface area contributed by atoms with E-state index in [2.05, 4.69) is 5.32 Å². The lowest BCUT2D eigenvalue weighted by molar-refractivity contribution is 0.0697. The molecule has 0 aliphatic rings. The highest BCUT2D eigenvalue weighted by atomic mass is 19.1. The first kappa shape index (κ1) is 14.7. The van der Waals surface area contributed by atoms with Crippen LogP contribution in [0.2, 0.25) is 0 Å². The molecule has 5 heteroatoms. The zero-order chi connectivity index (χ0) is 15.2. The van der Waals surface area contributed by atoms with E-state index < -0.39 is 5.97 Å². The van der Waals surface area contributed by atoms with E-state index in [4.69, 9.17) is 5.11 Å². The van der Waals surface area contributed by atoms with Crippen molar-refractivity contribution in [2.24, 2.45) is 0 Å². The van der Waals surface area contributed by atoms with E-state index >= 15 is 0 Å². The molecule has 0 spiro atoms. The van der Waals surface area contributed by atoms with Gasteiger partial charge in [-0.25, -0.2) is 9.18 Å². The molecule has 0 aliphatic heterocycles. The quantitative estimate of drug-likeness (QED) is 0.888. The van der Waals surface area contributed by atoms with Gasteiger partial charge in [0.2, 0.25) is 0 Å². The highest BCUT2D eigenvalue weighted by Gasteiger charge is 2.09. The Labute approximate surface area is 121 Å². The van der Waals surface area contributed by atoms with Crippen molar-refractivity contribution in [3.63, 3.8) is 0 Å². The summed E-state index contributed by atoms with van der Waals surface area (Å²) in [6.07, 6.45) is 0.502. The Bertz CT molecular complexity index is 670. The Kier molecular flexibility index (Phi) is 4.66. The smallest absolute Gasteiger partial charge is 0.335 e. The molecule has 0 bridgehead atoms. The summed E-state index contributed by atoms with van der Waals surface area (Å²) >= 11 is 0. The zero-order valence-corrected chi connectivity index (χ0v) is 11.2. The standard InChI is InChI=1S/C16H14FNO3/c17-14-6-1-3-11(9-14)7-8-18-15(19)12-4-2-5-13(10-12)16(20)21/h1-6,9-10H,7-8H2,(H,18,19)(H,20,21). The topological polar surface area (TPSA) is 66.4 Å². The van der Waals surface area contributed by atoms with Gasteiger partial charge in [-0.15, -0.1) is 0 Å². The molecule has 2 aromatic rings. The van der Waals surface area contributed by atoms with Gasteiger partial charge in [0.1, 0.15) is 5.82 Å². The maximum absolute atomic E-state index is 13.0. The van der Waals surface area contributed by atoms with Crippen LogP contribution in [0.4, 0.5) is 4.39 Å². The fourth-order valence-corrected chi connectivity index (χ4v) is 1.91. The molecule has 0 radical (unpaired) electrons. The number of rotatable bonds is 5. The number of halogens is 1. The normalized spacial score (nSPS) is 10.1. The second-order valence-corrected chi connectivity index (χ2v) is 4.52. The fraction of sp³-hybridized carbons (Fsp3) is 0.125. The second kappa shape index (κ2) is 6.65. The SMILES string of the molecule is O=C(O)c1cccc(C(=O)NCCc2cccc(F)c2)c1. The number of nitrogens with one attached hydrogen (secondary N) is 1. The Hall–Kier alpha value is -2.69. The monoisotopic (exact) mass is 287 g/mol. The van der Waals surface area contributed by atoms with E-state index in [-0.39, 0.29) is 22.9 Å². The fourth-order valence-electron chi connectivity index (χ4n) is 1.91. The Morgan fingerprint density at radius 3 is 2.48 bits per heavy atom. The number of carbonyl (C=O) groups is 2. The van der Waals surface area contributed by atoms with Gasteiger partial charge in [-0.05, 0) is 42.3 Å². The molecule has 108 valence electrons. The lowest BCUT2D eigenvalue weighted by Gasteiger charge is -2.06. The van der Waals surface area contributed by atoms with Crippen LogP contribution in [0.15, 0.2) is 48.5 Å². The van der Waals surface area contributed by atoms with Crippen LogP contribution >= 0.6 is 0 Å². The lowest BCUT2D eigenvalue weighted by atomic mass is 10.1. The minimum Gasteiger partial charge on any atom is -0.478 e. The maximum atomic E-state index is 13.0. The van der Waals surface area contributed by atoms with Gasteiger partial charge < -0.3 is 10.4 Å². The van der Waals surface area contributed by atoms with Crippen LogP contribution in [-0.2, 0) is 6.42 Å². The molecule has 0 aromatic heterocycles. The maximum Gasteiger partial charge on any atom is 0.335 e. The first-order chi connectivity index (χ1) is 10.1. The van der Waals surface area contributed by atoms with E-state index in [0.29, 0.717) is 13.0 Å². The van der Waals surface area contributed by atoms with Crippen molar-refractivity contribution >= 4 is 11.9 Å². The van der Waals surface area contributed by atoms with Gasteiger partial charge in [-0.1, -0.05) is 18.2 Å². The molecule has 4 nitrogen and oxygen atoms in total. The number of carboxylic acids is 1. The van der Waals surface area contributed by atoms with Crippen LogP contribution in [0.25, 0.3) is 0 Å². The molecular formula is C16H14FNO3. The minimum absolute atomic E-state index is 0.0628. The van der Waals surface area contributed by atoms with Gasteiger partial charge in [0, 0.05) is 12.1 Å². The molecule has 1 amide bonds. The lowest BCUT2D eigenvalue weighted by Crippen LogP contribution is -2.25. The second-order valence-electron chi connectivity index (χ2n) is 4.52. The Balaban J connectivity index is 1.93. The first-order valence-corrected chi connectivity index (χ1v) is 6.42. The molecular weight excluding hydrogens is 273 g/mol. The van der Waals surface area contributed by atoms with Crippen molar-refractivity contribution in [3.8, 4) is 0 Å². The van der Waals surface area contributed by atoms with Gasteiger partial charge in [-0.2, -0.15) is 0 Å². The first-order valence-electron chi connectivity index (χ1n) is 6.42. The number of carboxylic acid groups (broad SMARTS) is 1. The van der Waals surface area contributed by atoms with Crippen molar-refractivity contribution in [1.82, 2.24) is 5.32 Å². The Morgan fingerprint density at radius 1 is 1.05 bits per heavy atom. The van der Waals surface area contributed by atoms with Gasteiger partial charge in [0.15, 0.2) is 0 Å². The molecule has 0 saturated carbocycles. The van der Waals surface area contributed by atoms with Gasteiger partial charge >= 0.3 is 5.97 Å². The highest BCUT2D eigenvalue weighted by molar-refractivity contribution is 5.97. The summed E-state index contributed by atoms with van der Waals surface area (Å²) in [5.74, 6) is -1.74. The largest absolute Gasteiger partial charge is 0.478 e. The van der Waals surface area contributed by atoms with E-state index in [9.17, 15) is 14.0 Å². The van der Waals surface area contributed by atoms with E-state index in [1.54, 1.807) is 18.2 Å². The summed E-state index contributed by atoms with van der Waals surface area (Å²) in [7, 11) is 0. The minimum atomic E-state index is -1.08. The summed E-state index contributed by atoms with van der Waals surface area (Å²) in [5.41, 5.74) is 1.14. The van der Waals surface area contributed by atoms with Crippen LogP contribution in [0.3, 0.4) is 0 Å². The van der Waals surface area contributed by atoms with E-state index in [0.717, 1.165) is 5.56 Å². The van der Waals surface area contributed by atoms with Crippen LogP contribution in [0, 0.1) is 5.82 Å². The summed E-state index contributed by atoms with van der Waals surface area (Å²) in [6.45, 7) is 0.347. The molecule has 0 unspecified atom stereocenters. The van der Waals surface area contributed by atoms with Crippen LogP contribution < -0.4 is 5.32 Å². The van der Waals surface area contributed by atoms with Crippen molar-refractivity contribution in [3.05, 3.63) is 71.0 Å². The predicted octanol–water partition coefficient (Wildman–Crippen LogP) is 2.50. The van der Waals surface area contributed by atoms with Crippen molar-refractivity contribution in [2.45, 2.75) is 6.42 Å². The third-order valence-electron chi connectivity index (χ3n) is 2.96. The highest BCUT2D eigenvalue weighted by Crippen LogP contribution is 2.06. The van der Waals surface area contributed by atoms with Crippen molar-refractivity contribution in [1.29, 1.82) is 0 Å². The van der Waals surface area contributed by atoms with Crippen LogP contribution in [0.5, 0.6) is 0 Å². The Morgan fingerprint density at radius 2 is 1.76 bits per heavy atom. The predicted molar refractivity (Wildman–Crippen MR) is 75.8 cm³/mol. The summed E-state index contributed by atoms with van der Waals surface area (Å²) in [5, 5.41) is 11.6. The van der Waals surface area contributed by atoms with Gasteiger partial charge in [0.05, 0.1) is 5.56 Å². The molecule has 0 aliphatic carbocycles. The molecule has 2 rings (SSSR count). The van der Waals surface area contributed by atoms with Crippen molar-refractivity contribution < 1.29 is 19.1 Å². The summed E-state index contributed by atoms with van der Waals surface area (Å²) in [4.78, 5) is 22.7. The van der Waals surface area contributed by atoms with E-state index in [1.165, 1.54) is 30.3 Å².